The van der Waals surface area contributed by atoms with Crippen molar-refractivity contribution in [1.29, 1.82) is 0 Å². The first-order valence-corrected chi connectivity index (χ1v) is 15.3. The smallest absolute Gasteiger partial charge is 0.207 e. The van der Waals surface area contributed by atoms with Crippen molar-refractivity contribution in [2.75, 3.05) is 0 Å². The van der Waals surface area contributed by atoms with E-state index in [1.54, 1.807) is 21.9 Å². The third kappa shape index (κ3) is 12.9. The maximum absolute atomic E-state index is 3.72. The zero-order chi connectivity index (χ0) is 28.6. The molecule has 1 aliphatic carbocycles. The summed E-state index contributed by atoms with van der Waals surface area (Å²) in [5.41, 5.74) is 10.9. The molecular weight excluding hydrogens is 544 g/mol. The van der Waals surface area contributed by atoms with E-state index >= 15 is 0 Å². The van der Waals surface area contributed by atoms with E-state index in [9.17, 15) is 0 Å². The predicted molar refractivity (Wildman–Crippen MR) is 176 cm³/mol. The summed E-state index contributed by atoms with van der Waals surface area (Å²) < 4.78 is 0. The molecule has 0 saturated carbocycles. The van der Waals surface area contributed by atoms with Crippen molar-refractivity contribution < 1.29 is 21.7 Å². The monoisotopic (exact) mass is 586 g/mol. The van der Waals surface area contributed by atoms with Gasteiger partial charge in [0.15, 0.2) is 0 Å². The summed E-state index contributed by atoms with van der Waals surface area (Å²) in [6.45, 7) is 15.6. The molecule has 0 heterocycles. The maximum Gasteiger partial charge on any atom is 4.00 e. The molecule has 0 spiro atoms. The second kappa shape index (κ2) is 19.0. The Hall–Kier alpha value is -3.23. The van der Waals surface area contributed by atoms with Crippen LogP contribution in [-0.2, 0) is 40.6 Å². The minimum Gasteiger partial charge on any atom is -0.207 e. The molecule has 5 aromatic rings. The SMILES string of the molecule is Cc1cccc([Si]Cc2cc3c([cH-]2)CCCC3)c1C.[CH2-]c1ccccc1.[CH2-]c1ccccc1.[CH2-]c1ccccc1.[Ti+4]. The molecule has 0 amide bonds. The quantitative estimate of drug-likeness (QED) is 0.146. The zero-order valence-electron chi connectivity index (χ0n) is 24.7. The van der Waals surface area contributed by atoms with E-state index in [1.165, 1.54) is 42.9 Å². The molecule has 206 valence electrons. The second-order valence-corrected chi connectivity index (χ2v) is 11.4. The number of aryl methyl sites for hydroxylation is 3. The number of fused-ring (bicyclic) bond motifs is 1. The van der Waals surface area contributed by atoms with Crippen molar-refractivity contribution in [2.45, 2.75) is 45.6 Å². The summed E-state index contributed by atoms with van der Waals surface area (Å²) >= 11 is 0. The standard InChI is InChI=1S/C18H21Si.3C7H7.Ti/c1-13-6-5-9-18(14(13)2)19-12-15-10-16-7-3-4-8-17(16)11-15;3*1-7-5-3-2-4-6-7;/h5-6,9-11H,3-4,7-8,12H2,1-2H3;3*2-6H,1H2;/q4*-1;+4. The van der Waals surface area contributed by atoms with Crippen molar-refractivity contribution in [3.8, 4) is 0 Å². The van der Waals surface area contributed by atoms with E-state index in [-0.39, 0.29) is 21.7 Å². The fraction of sp³-hybridized carbons (Fsp3) is 0.179. The van der Waals surface area contributed by atoms with Crippen LogP contribution in [0.4, 0.5) is 0 Å². The van der Waals surface area contributed by atoms with Crippen molar-refractivity contribution >= 4 is 14.7 Å². The molecule has 0 nitrogen and oxygen atoms in total. The van der Waals surface area contributed by atoms with Crippen LogP contribution in [0.3, 0.4) is 0 Å². The topological polar surface area (TPSA) is 0 Å². The molecule has 2 radical (unpaired) electrons. The Morgan fingerprint density at radius 1 is 0.634 bits per heavy atom. The Bertz CT molecular complexity index is 1260. The van der Waals surface area contributed by atoms with Crippen molar-refractivity contribution in [3.05, 3.63) is 187 Å². The molecule has 0 bridgehead atoms. The first-order chi connectivity index (χ1) is 19.4. The minimum absolute atomic E-state index is 0. The van der Waals surface area contributed by atoms with Gasteiger partial charge in [0.1, 0.15) is 0 Å². The van der Waals surface area contributed by atoms with Crippen molar-refractivity contribution in [3.63, 3.8) is 0 Å². The molecule has 0 saturated heterocycles. The maximum atomic E-state index is 3.72. The molecule has 0 aliphatic heterocycles. The summed E-state index contributed by atoms with van der Waals surface area (Å²) in [5.74, 6) is 0. The van der Waals surface area contributed by atoms with E-state index in [0.29, 0.717) is 0 Å². The average Bonchev–Trinajstić information content (AvgIpc) is 3.39. The van der Waals surface area contributed by atoms with Gasteiger partial charge in [0.05, 0.1) is 9.52 Å². The van der Waals surface area contributed by atoms with Gasteiger partial charge in [-0.2, -0.15) is 96.6 Å². The van der Waals surface area contributed by atoms with Gasteiger partial charge in [-0.15, -0.1) is 36.4 Å². The molecule has 2 heteroatoms. The minimum atomic E-state index is 0. The van der Waals surface area contributed by atoms with Gasteiger partial charge in [0.25, 0.3) is 0 Å². The molecule has 0 atom stereocenters. The van der Waals surface area contributed by atoms with Crippen LogP contribution in [0, 0.1) is 34.6 Å². The van der Waals surface area contributed by atoms with E-state index in [2.05, 4.69) is 65.0 Å². The molecule has 6 rings (SSSR count). The van der Waals surface area contributed by atoms with Gasteiger partial charge in [-0.1, -0.05) is 73.3 Å². The Kier molecular flexibility index (Phi) is 15.7. The van der Waals surface area contributed by atoms with Crippen LogP contribution < -0.4 is 5.19 Å². The van der Waals surface area contributed by atoms with Crippen LogP contribution in [0.1, 0.15) is 57.3 Å². The normalized spacial score (nSPS) is 11.1. The van der Waals surface area contributed by atoms with Crippen molar-refractivity contribution in [1.82, 2.24) is 0 Å². The van der Waals surface area contributed by atoms with Gasteiger partial charge in [-0.3, -0.25) is 0 Å². The van der Waals surface area contributed by atoms with Crippen LogP contribution in [0.2, 0.25) is 0 Å². The van der Waals surface area contributed by atoms with Crippen LogP contribution >= 0.6 is 0 Å². The summed E-state index contributed by atoms with van der Waals surface area (Å²) in [6, 6.07) is 42.5. The van der Waals surface area contributed by atoms with Gasteiger partial charge < -0.3 is 0 Å². The van der Waals surface area contributed by atoms with E-state index < -0.39 is 0 Å². The molecule has 0 N–H and O–H groups in total. The van der Waals surface area contributed by atoms with Gasteiger partial charge in [0, 0.05) is 0 Å². The summed E-state index contributed by atoms with van der Waals surface area (Å²) in [7, 11) is 0.910. The summed E-state index contributed by atoms with van der Waals surface area (Å²) in [4.78, 5) is 0. The third-order valence-electron chi connectivity index (χ3n) is 6.89. The van der Waals surface area contributed by atoms with E-state index in [4.69, 9.17) is 0 Å². The van der Waals surface area contributed by atoms with Gasteiger partial charge >= 0.3 is 21.7 Å². The molecule has 0 unspecified atom stereocenters. The first-order valence-electron chi connectivity index (χ1n) is 14.1. The Labute approximate surface area is 267 Å². The van der Waals surface area contributed by atoms with Gasteiger partial charge in [-0.25, -0.2) is 6.07 Å². The predicted octanol–water partition coefficient (Wildman–Crippen LogP) is 9.03. The third-order valence-corrected chi connectivity index (χ3v) is 8.40. The molecule has 0 aromatic heterocycles. The van der Waals surface area contributed by atoms with Crippen LogP contribution in [0.5, 0.6) is 0 Å². The Morgan fingerprint density at radius 3 is 1.56 bits per heavy atom. The van der Waals surface area contributed by atoms with E-state index in [0.717, 1.165) is 26.2 Å². The van der Waals surface area contributed by atoms with Crippen LogP contribution in [0.25, 0.3) is 0 Å². The van der Waals surface area contributed by atoms with Crippen LogP contribution in [-0.4, -0.2) is 9.52 Å². The number of hydrogen-bond donors (Lipinski definition) is 0. The Morgan fingerprint density at radius 2 is 1.12 bits per heavy atom. The number of benzene rings is 4. The summed E-state index contributed by atoms with van der Waals surface area (Å²) in [6.07, 6.45) is 5.38. The molecule has 1 aliphatic rings. The summed E-state index contributed by atoms with van der Waals surface area (Å²) in [5, 5.41) is 1.54. The van der Waals surface area contributed by atoms with E-state index in [1.807, 2.05) is 91.0 Å². The largest absolute Gasteiger partial charge is 4.00 e. The number of hydrogen-bond acceptors (Lipinski definition) is 0. The van der Waals surface area contributed by atoms with Gasteiger partial charge in [0.2, 0.25) is 0 Å². The van der Waals surface area contributed by atoms with Crippen molar-refractivity contribution in [2.24, 2.45) is 0 Å². The fourth-order valence-corrected chi connectivity index (χ4v) is 5.72. The average molecular weight is 587 g/mol. The fourth-order valence-electron chi connectivity index (χ4n) is 4.45. The molecule has 0 fully saturated rings. The molecule has 41 heavy (non-hydrogen) atoms. The number of rotatable bonds is 3. The zero-order valence-corrected chi connectivity index (χ0v) is 27.3. The molecular formula is C39H42SiTi. The second-order valence-electron chi connectivity index (χ2n) is 10.2. The van der Waals surface area contributed by atoms with Crippen LogP contribution in [0.15, 0.2) is 121 Å². The Balaban J connectivity index is 0.000000220. The first kappa shape index (κ1) is 34.0. The molecule has 5 aromatic carbocycles. The van der Waals surface area contributed by atoms with Gasteiger partial charge in [-0.05, 0) is 25.0 Å².